The fourth-order valence-corrected chi connectivity index (χ4v) is 3.83. The van der Waals surface area contributed by atoms with Crippen molar-refractivity contribution in [3.63, 3.8) is 0 Å². The summed E-state index contributed by atoms with van der Waals surface area (Å²) in [5.74, 6) is -0.290. The Morgan fingerprint density at radius 3 is 2.38 bits per heavy atom. The number of benzene rings is 3. The zero-order valence-corrected chi connectivity index (χ0v) is 18.8. The summed E-state index contributed by atoms with van der Waals surface area (Å²) in [5, 5.41) is 4.70. The van der Waals surface area contributed by atoms with Gasteiger partial charge in [-0.05, 0) is 90.6 Å². The second-order valence-electron chi connectivity index (χ2n) is 7.93. The van der Waals surface area contributed by atoms with Gasteiger partial charge in [-0.3, -0.25) is 4.79 Å². The Hall–Kier alpha value is -3.51. The van der Waals surface area contributed by atoms with Crippen LogP contribution in [0.4, 0.5) is 10.1 Å². The Balaban J connectivity index is 1.66. The molecule has 1 aromatic heterocycles. The zero-order chi connectivity index (χ0) is 22.7. The number of aromatic nitrogens is 1. The Morgan fingerprint density at radius 2 is 1.66 bits per heavy atom. The molecule has 0 fully saturated rings. The number of hydrogen-bond donors (Lipinski definition) is 2. The van der Waals surface area contributed by atoms with E-state index >= 15 is 0 Å². The van der Waals surface area contributed by atoms with Crippen LogP contribution in [0.3, 0.4) is 0 Å². The summed E-state index contributed by atoms with van der Waals surface area (Å²) < 4.78 is 13.4. The smallest absolute Gasteiger partial charge is 0.253 e. The van der Waals surface area contributed by atoms with Crippen LogP contribution in [-0.4, -0.2) is 15.0 Å². The van der Waals surface area contributed by atoms with Gasteiger partial charge in [-0.15, -0.1) is 0 Å². The molecule has 0 aliphatic heterocycles. The average molecular weight is 446 g/mol. The van der Waals surface area contributed by atoms with Gasteiger partial charge in [0, 0.05) is 23.3 Å². The first-order valence-corrected chi connectivity index (χ1v) is 10.8. The molecule has 0 aliphatic carbocycles. The number of aromatic amines is 1. The Kier molecular flexibility index (Phi) is 6.32. The van der Waals surface area contributed by atoms with Crippen LogP contribution >= 0.6 is 12.2 Å². The van der Waals surface area contributed by atoms with E-state index in [1.54, 1.807) is 12.1 Å². The summed E-state index contributed by atoms with van der Waals surface area (Å²) in [7, 11) is 0. The lowest BCUT2D eigenvalue weighted by Crippen LogP contribution is -2.35. The maximum absolute atomic E-state index is 13.4. The third-order valence-corrected chi connectivity index (χ3v) is 5.86. The van der Waals surface area contributed by atoms with E-state index in [0.29, 0.717) is 23.8 Å². The zero-order valence-electron chi connectivity index (χ0n) is 18.0. The van der Waals surface area contributed by atoms with Gasteiger partial charge >= 0.3 is 0 Å². The highest BCUT2D eigenvalue weighted by Gasteiger charge is 2.15. The van der Waals surface area contributed by atoms with Crippen LogP contribution in [0.2, 0.25) is 0 Å². The minimum atomic E-state index is -0.290. The lowest BCUT2D eigenvalue weighted by molar-refractivity contribution is 0.411. The van der Waals surface area contributed by atoms with Gasteiger partial charge < -0.3 is 15.2 Å². The number of pyridine rings is 1. The van der Waals surface area contributed by atoms with Crippen LogP contribution in [-0.2, 0) is 13.1 Å². The molecule has 0 spiro atoms. The van der Waals surface area contributed by atoms with E-state index in [-0.39, 0.29) is 11.4 Å². The molecule has 0 atom stereocenters. The van der Waals surface area contributed by atoms with Crippen molar-refractivity contribution in [2.45, 2.75) is 26.9 Å². The van der Waals surface area contributed by atoms with Crippen LogP contribution in [0.5, 0.6) is 0 Å². The highest BCUT2D eigenvalue weighted by molar-refractivity contribution is 7.80. The van der Waals surface area contributed by atoms with Crippen LogP contribution in [0, 0.1) is 19.7 Å². The molecule has 4 nitrogen and oxygen atoms in total. The minimum absolute atomic E-state index is 0.146. The molecule has 0 saturated carbocycles. The third-order valence-electron chi connectivity index (χ3n) is 5.50. The molecule has 162 valence electrons. The molecule has 4 rings (SSSR count). The van der Waals surface area contributed by atoms with Crippen molar-refractivity contribution in [1.29, 1.82) is 0 Å². The van der Waals surface area contributed by atoms with Crippen molar-refractivity contribution < 1.29 is 4.39 Å². The first kappa shape index (κ1) is 21.7. The summed E-state index contributed by atoms with van der Waals surface area (Å²) in [6, 6.07) is 21.9. The van der Waals surface area contributed by atoms with Gasteiger partial charge in [0.1, 0.15) is 5.82 Å². The number of hydrogen-bond acceptors (Lipinski definition) is 2. The molecule has 3 aromatic carbocycles. The second-order valence-corrected chi connectivity index (χ2v) is 8.31. The van der Waals surface area contributed by atoms with E-state index in [2.05, 4.69) is 23.3 Å². The van der Waals surface area contributed by atoms with Crippen LogP contribution < -0.4 is 10.9 Å². The van der Waals surface area contributed by atoms with Gasteiger partial charge in [0.05, 0.1) is 6.54 Å². The highest BCUT2D eigenvalue weighted by Crippen LogP contribution is 2.19. The summed E-state index contributed by atoms with van der Waals surface area (Å²) >= 11 is 5.69. The molecule has 0 aliphatic rings. The molecule has 0 saturated heterocycles. The number of nitrogens with zero attached hydrogens (tertiary/aromatic N) is 1. The summed E-state index contributed by atoms with van der Waals surface area (Å²) in [6.07, 6.45) is 0. The number of thiocarbonyl (C=S) groups is 1. The van der Waals surface area contributed by atoms with E-state index in [1.165, 1.54) is 17.7 Å². The van der Waals surface area contributed by atoms with Crippen LogP contribution in [0.25, 0.3) is 10.9 Å². The van der Waals surface area contributed by atoms with E-state index in [0.717, 1.165) is 27.7 Å². The predicted octanol–water partition coefficient (Wildman–Crippen LogP) is 5.68. The normalized spacial score (nSPS) is 10.8. The number of rotatable bonds is 5. The highest BCUT2D eigenvalue weighted by atomic mass is 32.1. The molecule has 0 bridgehead atoms. The Labute approximate surface area is 191 Å². The monoisotopic (exact) mass is 445 g/mol. The lowest BCUT2D eigenvalue weighted by Gasteiger charge is -2.26. The van der Waals surface area contributed by atoms with Crippen molar-refractivity contribution in [3.05, 3.63) is 111 Å². The van der Waals surface area contributed by atoms with Gasteiger partial charge in [0.2, 0.25) is 0 Å². The maximum atomic E-state index is 13.4. The van der Waals surface area contributed by atoms with Crippen molar-refractivity contribution in [2.75, 3.05) is 5.32 Å². The Bertz CT molecular complexity index is 1320. The summed E-state index contributed by atoms with van der Waals surface area (Å²) in [4.78, 5) is 17.8. The first-order valence-electron chi connectivity index (χ1n) is 10.4. The molecule has 1 heterocycles. The largest absolute Gasteiger partial charge is 0.340 e. The quantitative estimate of drug-likeness (QED) is 0.388. The maximum Gasteiger partial charge on any atom is 0.253 e. The van der Waals surface area contributed by atoms with Gasteiger partial charge in [0.25, 0.3) is 5.56 Å². The number of fused-ring (bicyclic) bond motifs is 1. The van der Waals surface area contributed by atoms with Gasteiger partial charge in [0.15, 0.2) is 5.11 Å². The average Bonchev–Trinajstić information content (AvgIpc) is 2.77. The van der Waals surface area contributed by atoms with Gasteiger partial charge in [-0.2, -0.15) is 0 Å². The molecule has 0 amide bonds. The predicted molar refractivity (Wildman–Crippen MR) is 132 cm³/mol. The molecule has 0 radical (unpaired) electrons. The molecule has 4 aromatic rings. The van der Waals surface area contributed by atoms with Crippen LogP contribution in [0.15, 0.2) is 77.6 Å². The summed E-state index contributed by atoms with van der Waals surface area (Å²) in [5.41, 5.74) is 5.34. The molecular formula is C26H24FN3OS. The number of halogens is 1. The molecular weight excluding hydrogens is 421 g/mol. The van der Waals surface area contributed by atoms with Crippen molar-refractivity contribution in [2.24, 2.45) is 0 Å². The van der Waals surface area contributed by atoms with E-state index in [9.17, 15) is 9.18 Å². The fourth-order valence-electron chi connectivity index (χ4n) is 3.58. The molecule has 6 heteroatoms. The first-order chi connectivity index (χ1) is 15.4. The van der Waals surface area contributed by atoms with E-state index in [4.69, 9.17) is 12.2 Å². The second kappa shape index (κ2) is 9.32. The summed E-state index contributed by atoms with van der Waals surface area (Å²) in [6.45, 7) is 4.83. The van der Waals surface area contributed by atoms with E-state index < -0.39 is 0 Å². The number of nitrogens with one attached hydrogen (secondary N) is 2. The van der Waals surface area contributed by atoms with E-state index in [1.807, 2.05) is 54.3 Å². The van der Waals surface area contributed by atoms with Gasteiger partial charge in [-0.25, -0.2) is 4.39 Å². The molecule has 0 unspecified atom stereocenters. The standard InChI is InChI=1S/C26H24FN3OS/c1-17-12-20-14-21(25(31)29-24(20)13-18(17)2)16-30(15-19-8-10-22(27)11-9-19)26(32)28-23-6-4-3-5-7-23/h3-14H,15-16H2,1-2H3,(H,28,32)(H,29,31). The Morgan fingerprint density at radius 1 is 0.969 bits per heavy atom. The fraction of sp³-hybridized carbons (Fsp3) is 0.154. The third kappa shape index (κ3) is 5.03. The number of H-pyrrole nitrogens is 1. The molecule has 32 heavy (non-hydrogen) atoms. The number of anilines is 1. The minimum Gasteiger partial charge on any atom is -0.340 e. The number of para-hydroxylation sites is 1. The van der Waals surface area contributed by atoms with Crippen LogP contribution in [0.1, 0.15) is 22.3 Å². The topological polar surface area (TPSA) is 48.1 Å². The van der Waals surface area contributed by atoms with Crippen molar-refractivity contribution >= 4 is 33.9 Å². The lowest BCUT2D eigenvalue weighted by atomic mass is 10.0. The SMILES string of the molecule is Cc1cc2cc(CN(Cc3ccc(F)cc3)C(=S)Nc3ccccc3)c(=O)[nH]c2cc1C. The van der Waals surface area contributed by atoms with Crippen molar-refractivity contribution in [1.82, 2.24) is 9.88 Å². The van der Waals surface area contributed by atoms with Gasteiger partial charge in [-0.1, -0.05) is 30.3 Å². The van der Waals surface area contributed by atoms with Crippen molar-refractivity contribution in [3.8, 4) is 0 Å². The molecule has 2 N–H and O–H groups in total. The number of aryl methyl sites for hydroxylation is 2.